The maximum Gasteiger partial charge on any atom is 0.157 e. The Hall–Kier alpha value is -2.40. The number of aryl methyl sites for hydroxylation is 1. The number of aromatic nitrogens is 3. The highest BCUT2D eigenvalue weighted by atomic mass is 15.3. The molecule has 0 spiro atoms. The topological polar surface area (TPSA) is 68.2 Å². The number of nitrogens with one attached hydrogen (secondary N) is 1. The van der Waals surface area contributed by atoms with E-state index in [-0.39, 0.29) is 5.54 Å². The number of nitrogens with two attached hydrogens (primary N) is 1. The molecule has 3 N–H and O–H groups in total. The largest absolute Gasteiger partial charge is 0.359 e. The molecule has 5 nitrogen and oxygen atoms in total. The van der Waals surface area contributed by atoms with Crippen molar-refractivity contribution in [1.29, 1.82) is 0 Å². The van der Waals surface area contributed by atoms with Gasteiger partial charge in [0.05, 0.1) is 5.54 Å². The summed E-state index contributed by atoms with van der Waals surface area (Å²) < 4.78 is 1.80. The fourth-order valence-electron chi connectivity index (χ4n) is 2.48. The van der Waals surface area contributed by atoms with Crippen molar-refractivity contribution in [2.75, 3.05) is 11.9 Å². The van der Waals surface area contributed by atoms with E-state index in [4.69, 9.17) is 5.73 Å². The van der Waals surface area contributed by atoms with Crippen molar-refractivity contribution < 1.29 is 0 Å². The van der Waals surface area contributed by atoms with E-state index in [1.54, 1.807) is 10.8 Å². The van der Waals surface area contributed by atoms with E-state index < -0.39 is 0 Å². The summed E-state index contributed by atoms with van der Waals surface area (Å²) in [5, 5.41) is 7.80. The molecule has 3 rings (SSSR count). The van der Waals surface area contributed by atoms with Gasteiger partial charge in [-0.15, -0.1) is 0 Å². The third-order valence-corrected chi connectivity index (χ3v) is 3.75. The minimum atomic E-state index is -0.367. The highest BCUT2D eigenvalue weighted by molar-refractivity contribution is 5.53. The van der Waals surface area contributed by atoms with Crippen molar-refractivity contribution in [2.24, 2.45) is 5.73 Å². The van der Waals surface area contributed by atoms with Crippen LogP contribution in [0.1, 0.15) is 18.1 Å². The van der Waals surface area contributed by atoms with Gasteiger partial charge in [-0.1, -0.05) is 30.3 Å². The highest BCUT2D eigenvalue weighted by Gasteiger charge is 2.25. The van der Waals surface area contributed by atoms with Gasteiger partial charge in [0, 0.05) is 6.54 Å². The molecule has 0 aliphatic carbocycles. The first-order valence-corrected chi connectivity index (χ1v) is 6.96. The molecular formula is C16H19N5. The molecule has 0 fully saturated rings. The number of fused-ring (bicyclic) bond motifs is 1. The molecule has 21 heavy (non-hydrogen) atoms. The Morgan fingerprint density at radius 3 is 2.71 bits per heavy atom. The van der Waals surface area contributed by atoms with Gasteiger partial charge in [0.2, 0.25) is 0 Å². The van der Waals surface area contributed by atoms with Crippen LogP contribution in [0.25, 0.3) is 5.65 Å². The number of rotatable bonds is 4. The lowest BCUT2D eigenvalue weighted by atomic mass is 9.92. The minimum absolute atomic E-state index is 0.367. The molecule has 0 aliphatic heterocycles. The first kappa shape index (κ1) is 13.6. The minimum Gasteiger partial charge on any atom is -0.359 e. The molecule has 1 aromatic carbocycles. The van der Waals surface area contributed by atoms with Crippen LogP contribution in [0.2, 0.25) is 0 Å². The predicted molar refractivity (Wildman–Crippen MR) is 84.2 cm³/mol. The predicted octanol–water partition coefficient (Wildman–Crippen LogP) is 2.32. The molecule has 0 amide bonds. The molecule has 0 aliphatic rings. The Bertz CT molecular complexity index is 750. The zero-order valence-corrected chi connectivity index (χ0v) is 12.2. The quantitative estimate of drug-likeness (QED) is 0.770. The zero-order chi connectivity index (χ0) is 14.9. The van der Waals surface area contributed by atoms with Crippen molar-refractivity contribution in [3.63, 3.8) is 0 Å². The Morgan fingerprint density at radius 1 is 1.24 bits per heavy atom. The Labute approximate surface area is 123 Å². The second kappa shape index (κ2) is 5.18. The Balaban J connectivity index is 2.05. The van der Waals surface area contributed by atoms with Gasteiger partial charge >= 0.3 is 0 Å². The van der Waals surface area contributed by atoms with Crippen LogP contribution in [-0.2, 0) is 5.54 Å². The van der Waals surface area contributed by atoms with Gasteiger partial charge in [0.15, 0.2) is 5.65 Å². The van der Waals surface area contributed by atoms with Gasteiger partial charge in [0.1, 0.15) is 12.1 Å². The molecule has 0 saturated carbocycles. The number of hydrogen-bond acceptors (Lipinski definition) is 4. The molecular weight excluding hydrogens is 262 g/mol. The van der Waals surface area contributed by atoms with Crippen LogP contribution < -0.4 is 11.1 Å². The maximum absolute atomic E-state index is 6.04. The van der Waals surface area contributed by atoms with E-state index >= 15 is 0 Å². The molecule has 2 heterocycles. The van der Waals surface area contributed by atoms with Crippen LogP contribution in [0.5, 0.6) is 0 Å². The summed E-state index contributed by atoms with van der Waals surface area (Å²) in [6.45, 7) is 4.61. The third-order valence-electron chi connectivity index (χ3n) is 3.75. The van der Waals surface area contributed by atoms with Gasteiger partial charge < -0.3 is 11.1 Å². The van der Waals surface area contributed by atoms with Gasteiger partial charge in [-0.3, -0.25) is 0 Å². The lowest BCUT2D eigenvalue weighted by molar-refractivity contribution is 0.551. The highest BCUT2D eigenvalue weighted by Crippen LogP contribution is 2.25. The van der Waals surface area contributed by atoms with Crippen LogP contribution in [0.3, 0.4) is 0 Å². The van der Waals surface area contributed by atoms with E-state index in [0.717, 1.165) is 22.6 Å². The molecule has 3 aromatic rings. The molecule has 0 saturated heterocycles. The first-order chi connectivity index (χ1) is 10.1. The SMILES string of the molecule is Cc1cc(NC(C)(CN)c2ccccc2)n2ncnc2c1. The Kier molecular flexibility index (Phi) is 3.35. The lowest BCUT2D eigenvalue weighted by Crippen LogP contribution is -2.40. The number of anilines is 1. The summed E-state index contributed by atoms with van der Waals surface area (Å²) in [6, 6.07) is 14.3. The molecule has 1 atom stereocenters. The average Bonchev–Trinajstić information content (AvgIpc) is 2.96. The van der Waals surface area contributed by atoms with Crippen molar-refractivity contribution in [3.8, 4) is 0 Å². The number of benzene rings is 1. The van der Waals surface area contributed by atoms with Crippen LogP contribution in [0.4, 0.5) is 5.82 Å². The van der Waals surface area contributed by atoms with Gasteiger partial charge in [-0.2, -0.15) is 9.61 Å². The van der Waals surface area contributed by atoms with Gasteiger partial charge in [0.25, 0.3) is 0 Å². The molecule has 5 heteroatoms. The third kappa shape index (κ3) is 2.48. The van der Waals surface area contributed by atoms with Crippen molar-refractivity contribution in [1.82, 2.24) is 14.6 Å². The van der Waals surface area contributed by atoms with Crippen LogP contribution >= 0.6 is 0 Å². The standard InChI is InChI=1S/C16H19N5/c1-12-8-14-18-11-19-21(14)15(9-12)20-16(2,10-17)13-6-4-3-5-7-13/h3-9,11,20H,10,17H2,1-2H3. The van der Waals surface area contributed by atoms with Crippen LogP contribution in [0, 0.1) is 6.92 Å². The van der Waals surface area contributed by atoms with E-state index in [1.807, 2.05) is 31.2 Å². The molecule has 1 unspecified atom stereocenters. The fraction of sp³-hybridized carbons (Fsp3) is 0.250. The second-order valence-corrected chi connectivity index (χ2v) is 5.48. The summed E-state index contributed by atoms with van der Waals surface area (Å²) in [6.07, 6.45) is 1.56. The second-order valence-electron chi connectivity index (χ2n) is 5.48. The molecule has 0 radical (unpaired) electrons. The Morgan fingerprint density at radius 2 is 2.00 bits per heavy atom. The van der Waals surface area contributed by atoms with Gasteiger partial charge in [-0.05, 0) is 37.1 Å². The van der Waals surface area contributed by atoms with Crippen LogP contribution in [0.15, 0.2) is 48.8 Å². The van der Waals surface area contributed by atoms with Crippen LogP contribution in [-0.4, -0.2) is 21.1 Å². The monoisotopic (exact) mass is 281 g/mol. The summed E-state index contributed by atoms with van der Waals surface area (Å²) in [5.74, 6) is 0.888. The van der Waals surface area contributed by atoms with Crippen molar-refractivity contribution in [3.05, 3.63) is 59.9 Å². The summed E-state index contributed by atoms with van der Waals surface area (Å²) in [7, 11) is 0. The van der Waals surface area contributed by atoms with E-state index in [0.29, 0.717) is 6.54 Å². The molecule has 108 valence electrons. The fourth-order valence-corrected chi connectivity index (χ4v) is 2.48. The van der Waals surface area contributed by atoms with Crippen molar-refractivity contribution >= 4 is 11.5 Å². The smallest absolute Gasteiger partial charge is 0.157 e. The first-order valence-electron chi connectivity index (χ1n) is 6.96. The summed E-state index contributed by atoms with van der Waals surface area (Å²) >= 11 is 0. The van der Waals surface area contributed by atoms with Crippen molar-refractivity contribution in [2.45, 2.75) is 19.4 Å². The molecule has 0 bridgehead atoms. The maximum atomic E-state index is 6.04. The van der Waals surface area contributed by atoms with Gasteiger partial charge in [-0.25, -0.2) is 4.98 Å². The number of hydrogen-bond donors (Lipinski definition) is 2. The number of pyridine rings is 1. The lowest BCUT2D eigenvalue weighted by Gasteiger charge is -2.31. The number of nitrogens with zero attached hydrogens (tertiary/aromatic N) is 3. The normalized spacial score (nSPS) is 14.0. The summed E-state index contributed by atoms with van der Waals surface area (Å²) in [4.78, 5) is 4.25. The summed E-state index contributed by atoms with van der Waals surface area (Å²) in [5.41, 5.74) is 8.76. The van der Waals surface area contributed by atoms with E-state index in [2.05, 4.69) is 40.5 Å². The van der Waals surface area contributed by atoms with E-state index in [9.17, 15) is 0 Å². The zero-order valence-electron chi connectivity index (χ0n) is 12.2. The molecule has 2 aromatic heterocycles. The average molecular weight is 281 g/mol. The van der Waals surface area contributed by atoms with E-state index in [1.165, 1.54) is 0 Å².